The number of hydrogen-bond acceptors (Lipinski definition) is 10. The van der Waals surface area contributed by atoms with E-state index in [1.807, 2.05) is 37.2 Å². The zero-order chi connectivity index (χ0) is 28.1. The van der Waals surface area contributed by atoms with Gasteiger partial charge < -0.3 is 38.8 Å². The number of aromatic nitrogens is 3. The molecule has 1 fully saturated rings. The predicted molar refractivity (Wildman–Crippen MR) is 149 cm³/mol. The van der Waals surface area contributed by atoms with Gasteiger partial charge in [-0.1, -0.05) is 0 Å². The van der Waals surface area contributed by atoms with Crippen LogP contribution < -0.4 is 19.5 Å². The molecule has 3 aromatic rings. The van der Waals surface area contributed by atoms with Crippen molar-refractivity contribution in [2.24, 2.45) is 0 Å². The van der Waals surface area contributed by atoms with E-state index < -0.39 is 6.10 Å². The van der Waals surface area contributed by atoms with Crippen LogP contribution in [0.5, 0.6) is 17.4 Å². The summed E-state index contributed by atoms with van der Waals surface area (Å²) in [5.41, 5.74) is 3.24. The summed E-state index contributed by atoms with van der Waals surface area (Å²) >= 11 is 0. The average Bonchev–Trinajstić information content (AvgIpc) is 3.49. The van der Waals surface area contributed by atoms with Gasteiger partial charge >= 0.3 is 0 Å². The maximum atomic E-state index is 13.3. The summed E-state index contributed by atoms with van der Waals surface area (Å²) in [6.45, 7) is 3.48. The van der Waals surface area contributed by atoms with Crippen LogP contribution in [0.3, 0.4) is 0 Å². The highest BCUT2D eigenvalue weighted by Gasteiger charge is 2.40. The van der Waals surface area contributed by atoms with Gasteiger partial charge in [0, 0.05) is 50.5 Å². The first kappa shape index (κ1) is 27.9. The van der Waals surface area contributed by atoms with E-state index in [1.54, 1.807) is 31.1 Å². The number of methoxy groups -OCH3 is 2. The number of carbonyl (C=O) groups is 1. The number of fused-ring (bicyclic) bond motifs is 5. The lowest BCUT2D eigenvalue weighted by atomic mass is 10.1. The zero-order valence-electron chi connectivity index (χ0n) is 23.6. The third-order valence-corrected chi connectivity index (χ3v) is 7.07. The molecule has 2 aliphatic heterocycles. The van der Waals surface area contributed by atoms with Crippen LogP contribution in [0.4, 0.5) is 5.69 Å². The van der Waals surface area contributed by atoms with Crippen molar-refractivity contribution in [2.45, 2.75) is 25.0 Å². The molecule has 0 spiro atoms. The number of ether oxygens (including phenoxy) is 5. The van der Waals surface area contributed by atoms with Crippen LogP contribution in [0.25, 0.3) is 16.8 Å². The molecule has 40 heavy (non-hydrogen) atoms. The Labute approximate surface area is 234 Å². The number of nitrogens with one attached hydrogen (secondary N) is 1. The molecule has 0 aliphatic carbocycles. The highest BCUT2D eigenvalue weighted by molar-refractivity contribution is 5.84. The van der Waals surface area contributed by atoms with E-state index in [9.17, 15) is 4.79 Å². The first-order chi connectivity index (χ1) is 19.5. The lowest BCUT2D eigenvalue weighted by Gasteiger charge is -2.25. The van der Waals surface area contributed by atoms with Crippen molar-refractivity contribution >= 4 is 17.2 Å². The molecule has 0 radical (unpaired) electrons. The van der Waals surface area contributed by atoms with Gasteiger partial charge in [0.05, 0.1) is 45.4 Å². The zero-order valence-corrected chi connectivity index (χ0v) is 23.6. The molecule has 5 rings (SSSR count). The van der Waals surface area contributed by atoms with E-state index >= 15 is 0 Å². The SMILES string of the molecule is COCCO[C@@H]1C[C@H]2COc3nc4c(cnn4cc3OCCCN(C)C)-c3cc(cc(OC)c3)NCCN2C1=O. The van der Waals surface area contributed by atoms with Crippen LogP contribution in [-0.2, 0) is 14.3 Å². The van der Waals surface area contributed by atoms with E-state index in [1.165, 1.54) is 0 Å². The van der Waals surface area contributed by atoms with Gasteiger partial charge in [0.15, 0.2) is 11.4 Å². The molecule has 1 N–H and O–H groups in total. The Morgan fingerprint density at radius 1 is 1.18 bits per heavy atom. The standard InChI is InChI=1S/C28H38N6O6/c1-32(2)7-5-9-38-25-17-34-26-23(16-30-34)19-12-20(14-22(13-19)37-4)29-6-8-33-21(18-40-27(25)31-26)15-24(28(33)35)39-11-10-36-3/h12-14,16-17,21,24,29H,5-11,15,18H2,1-4H3/t21-,24+/m0/s1. The first-order valence-corrected chi connectivity index (χ1v) is 13.6. The molecular weight excluding hydrogens is 516 g/mol. The summed E-state index contributed by atoms with van der Waals surface area (Å²) in [7, 11) is 7.31. The van der Waals surface area contributed by atoms with Gasteiger partial charge in [-0.3, -0.25) is 4.79 Å². The normalized spacial score (nSPS) is 18.9. The number of carbonyl (C=O) groups excluding carboxylic acids is 1. The molecule has 4 bridgehead atoms. The highest BCUT2D eigenvalue weighted by Crippen LogP contribution is 2.34. The van der Waals surface area contributed by atoms with Gasteiger partial charge in [-0.25, -0.2) is 4.52 Å². The molecule has 4 heterocycles. The van der Waals surface area contributed by atoms with Crippen LogP contribution >= 0.6 is 0 Å². The molecule has 12 nitrogen and oxygen atoms in total. The second-order valence-corrected chi connectivity index (χ2v) is 10.2. The van der Waals surface area contributed by atoms with Crippen LogP contribution in [0.15, 0.2) is 30.6 Å². The Hall–Kier alpha value is -3.61. The fourth-order valence-electron chi connectivity index (χ4n) is 5.02. The summed E-state index contributed by atoms with van der Waals surface area (Å²) in [4.78, 5) is 22.1. The fourth-order valence-corrected chi connectivity index (χ4v) is 5.02. The van der Waals surface area contributed by atoms with Crippen LogP contribution in [-0.4, -0.2) is 117 Å². The van der Waals surface area contributed by atoms with E-state index in [2.05, 4.69) is 15.3 Å². The molecule has 12 heteroatoms. The van der Waals surface area contributed by atoms with Gasteiger partial charge in [0.1, 0.15) is 18.5 Å². The monoisotopic (exact) mass is 554 g/mol. The third-order valence-electron chi connectivity index (χ3n) is 7.07. The molecule has 216 valence electrons. The van der Waals surface area contributed by atoms with Crippen LogP contribution in [0.1, 0.15) is 12.8 Å². The molecule has 2 atom stereocenters. The quantitative estimate of drug-likeness (QED) is 0.374. The van der Waals surface area contributed by atoms with Gasteiger partial charge in [-0.05, 0) is 38.2 Å². The van der Waals surface area contributed by atoms with Gasteiger partial charge in [0.25, 0.3) is 11.8 Å². The van der Waals surface area contributed by atoms with Gasteiger partial charge in [0.2, 0.25) is 0 Å². The molecule has 1 aromatic carbocycles. The van der Waals surface area contributed by atoms with E-state index in [0.717, 1.165) is 29.8 Å². The van der Waals surface area contributed by atoms with Crippen LogP contribution in [0.2, 0.25) is 0 Å². The molecular formula is C28H38N6O6. The Balaban J connectivity index is 1.50. The Kier molecular flexibility index (Phi) is 8.88. The van der Waals surface area contributed by atoms with Crippen LogP contribution in [0, 0.1) is 0 Å². The number of anilines is 1. The van der Waals surface area contributed by atoms with Crippen molar-refractivity contribution in [3.05, 3.63) is 30.6 Å². The number of nitrogens with zero attached hydrogens (tertiary/aromatic N) is 5. The topological polar surface area (TPSA) is 112 Å². The number of rotatable bonds is 10. The number of hydrogen-bond donors (Lipinski definition) is 1. The first-order valence-electron chi connectivity index (χ1n) is 13.6. The Morgan fingerprint density at radius 3 is 2.85 bits per heavy atom. The largest absolute Gasteiger partial charge is 0.497 e. The second-order valence-electron chi connectivity index (χ2n) is 10.2. The van der Waals surface area contributed by atoms with Crippen molar-refractivity contribution in [3.8, 4) is 28.5 Å². The molecule has 0 unspecified atom stereocenters. The minimum atomic E-state index is -0.540. The van der Waals surface area contributed by atoms with Crippen molar-refractivity contribution < 1.29 is 28.5 Å². The maximum Gasteiger partial charge on any atom is 0.260 e. The van der Waals surface area contributed by atoms with E-state index in [4.69, 9.17) is 28.7 Å². The smallest absolute Gasteiger partial charge is 0.260 e. The molecule has 1 saturated heterocycles. The maximum absolute atomic E-state index is 13.3. The molecule has 1 amide bonds. The number of amides is 1. The lowest BCUT2D eigenvalue weighted by molar-refractivity contribution is -0.138. The minimum Gasteiger partial charge on any atom is -0.497 e. The van der Waals surface area contributed by atoms with E-state index in [0.29, 0.717) is 62.4 Å². The molecule has 2 aliphatic rings. The third kappa shape index (κ3) is 6.24. The summed E-state index contributed by atoms with van der Waals surface area (Å²) in [6, 6.07) is 5.72. The summed E-state index contributed by atoms with van der Waals surface area (Å²) in [6.07, 6.45) is 4.41. The highest BCUT2D eigenvalue weighted by atomic mass is 16.5. The van der Waals surface area contributed by atoms with Crippen molar-refractivity contribution in [1.29, 1.82) is 0 Å². The van der Waals surface area contributed by atoms with Crippen molar-refractivity contribution in [3.63, 3.8) is 0 Å². The lowest BCUT2D eigenvalue weighted by Crippen LogP contribution is -2.41. The Bertz CT molecular complexity index is 1310. The summed E-state index contributed by atoms with van der Waals surface area (Å²) in [5, 5.41) is 8.00. The molecule has 2 aromatic heterocycles. The number of benzene rings is 1. The minimum absolute atomic E-state index is 0.0495. The summed E-state index contributed by atoms with van der Waals surface area (Å²) in [5.74, 6) is 1.52. The fraction of sp³-hybridized carbons (Fsp3) is 0.536. The van der Waals surface area contributed by atoms with Crippen molar-refractivity contribution in [1.82, 2.24) is 24.4 Å². The molecule has 0 saturated carbocycles. The van der Waals surface area contributed by atoms with Crippen molar-refractivity contribution in [2.75, 3.05) is 79.7 Å². The van der Waals surface area contributed by atoms with Gasteiger partial charge in [-0.2, -0.15) is 10.1 Å². The average molecular weight is 555 g/mol. The van der Waals surface area contributed by atoms with Gasteiger partial charge in [-0.15, -0.1) is 0 Å². The van der Waals surface area contributed by atoms with E-state index in [-0.39, 0.29) is 18.6 Å². The Morgan fingerprint density at radius 2 is 2.05 bits per heavy atom. The summed E-state index contributed by atoms with van der Waals surface area (Å²) < 4.78 is 30.7. The second kappa shape index (κ2) is 12.7. The predicted octanol–water partition coefficient (Wildman–Crippen LogP) is 2.17.